The van der Waals surface area contributed by atoms with Crippen LogP contribution in [0.4, 0.5) is 14.5 Å². The first kappa shape index (κ1) is 19.8. The van der Waals surface area contributed by atoms with Crippen LogP contribution in [0, 0.1) is 11.6 Å². The highest BCUT2D eigenvalue weighted by Crippen LogP contribution is 2.20. The molecular weight excluding hydrogens is 364 g/mol. The zero-order valence-electron chi connectivity index (χ0n) is 14.3. The number of carbonyl (C=O) groups is 1. The maximum Gasteiger partial charge on any atom is 0.261 e. The van der Waals surface area contributed by atoms with Crippen LogP contribution in [-0.2, 0) is 10.0 Å². The lowest BCUT2D eigenvalue weighted by molar-refractivity contribution is 0.0951. The van der Waals surface area contributed by atoms with Crippen LogP contribution < -0.4 is 10.0 Å². The Kier molecular flexibility index (Phi) is 6.27. The van der Waals surface area contributed by atoms with Gasteiger partial charge in [-0.3, -0.25) is 9.52 Å². The minimum Gasteiger partial charge on any atom is -0.351 e. The zero-order chi connectivity index (χ0) is 19.3. The van der Waals surface area contributed by atoms with E-state index in [-0.39, 0.29) is 16.5 Å². The van der Waals surface area contributed by atoms with E-state index in [9.17, 15) is 22.0 Å². The zero-order valence-corrected chi connectivity index (χ0v) is 15.1. The fourth-order valence-electron chi connectivity index (χ4n) is 2.06. The maximum atomic E-state index is 13.6. The highest BCUT2D eigenvalue weighted by atomic mass is 32.2. The average molecular weight is 383 g/mol. The largest absolute Gasteiger partial charge is 0.351 e. The predicted molar refractivity (Wildman–Crippen MR) is 94.5 cm³/mol. The van der Waals surface area contributed by atoms with E-state index >= 15 is 0 Å². The number of nitrogens with one attached hydrogen (secondary N) is 2. The molecule has 2 N–H and O–H groups in total. The molecule has 9 heteroatoms. The van der Waals surface area contributed by atoms with Crippen molar-refractivity contribution < 1.29 is 22.0 Å². The quantitative estimate of drug-likeness (QED) is 0.767. The van der Waals surface area contributed by atoms with Crippen LogP contribution in [-0.4, -0.2) is 46.4 Å². The molecule has 0 saturated carbocycles. The molecule has 0 aliphatic rings. The first-order valence-electron chi connectivity index (χ1n) is 7.70. The summed E-state index contributed by atoms with van der Waals surface area (Å²) in [5, 5.41) is 2.71. The molecule has 6 nitrogen and oxygen atoms in total. The summed E-state index contributed by atoms with van der Waals surface area (Å²) in [4.78, 5) is 13.7. The molecule has 0 aliphatic heterocycles. The number of hydrogen-bond donors (Lipinski definition) is 2. The Labute approximate surface area is 150 Å². The van der Waals surface area contributed by atoms with Crippen molar-refractivity contribution in [2.45, 2.75) is 4.90 Å². The fraction of sp³-hybridized carbons (Fsp3) is 0.235. The summed E-state index contributed by atoms with van der Waals surface area (Å²) in [6, 6.07) is 7.73. The second-order valence-corrected chi connectivity index (χ2v) is 7.50. The third-order valence-electron chi connectivity index (χ3n) is 3.45. The minimum absolute atomic E-state index is 0.147. The van der Waals surface area contributed by atoms with Crippen LogP contribution in [0.25, 0.3) is 0 Å². The molecular formula is C17H19F2N3O3S. The monoisotopic (exact) mass is 383 g/mol. The van der Waals surface area contributed by atoms with Crippen molar-refractivity contribution in [1.82, 2.24) is 10.2 Å². The van der Waals surface area contributed by atoms with Crippen molar-refractivity contribution in [2.24, 2.45) is 0 Å². The SMILES string of the molecule is CN(C)CCNC(=O)c1ccc(S(=O)(=O)Nc2ccc(F)cc2F)cc1. The molecule has 0 saturated heterocycles. The van der Waals surface area contributed by atoms with Gasteiger partial charge in [0.15, 0.2) is 0 Å². The van der Waals surface area contributed by atoms with Crippen LogP contribution >= 0.6 is 0 Å². The van der Waals surface area contributed by atoms with Crippen molar-refractivity contribution in [3.63, 3.8) is 0 Å². The number of rotatable bonds is 7. The molecule has 0 aliphatic carbocycles. The van der Waals surface area contributed by atoms with Crippen molar-refractivity contribution >= 4 is 21.6 Å². The number of amides is 1. The van der Waals surface area contributed by atoms with E-state index in [0.29, 0.717) is 24.7 Å². The summed E-state index contributed by atoms with van der Waals surface area (Å²) in [6.07, 6.45) is 0. The number of sulfonamides is 1. The highest BCUT2D eigenvalue weighted by Gasteiger charge is 2.17. The molecule has 2 rings (SSSR count). The lowest BCUT2D eigenvalue weighted by Crippen LogP contribution is -2.31. The Hall–Kier alpha value is -2.52. The summed E-state index contributed by atoms with van der Waals surface area (Å²) in [5.74, 6) is -2.16. The summed E-state index contributed by atoms with van der Waals surface area (Å²) in [5.41, 5.74) is -0.0624. The first-order valence-corrected chi connectivity index (χ1v) is 9.18. The van der Waals surface area contributed by atoms with Crippen molar-refractivity contribution in [3.8, 4) is 0 Å². The lowest BCUT2D eigenvalue weighted by atomic mass is 10.2. The second kappa shape index (κ2) is 8.24. The Morgan fingerprint density at radius 3 is 2.31 bits per heavy atom. The van der Waals surface area contributed by atoms with Crippen LogP contribution in [0.15, 0.2) is 47.4 Å². The molecule has 0 aromatic heterocycles. The van der Waals surface area contributed by atoms with Gasteiger partial charge in [0, 0.05) is 24.7 Å². The van der Waals surface area contributed by atoms with E-state index in [1.54, 1.807) is 0 Å². The summed E-state index contributed by atoms with van der Waals surface area (Å²) in [6.45, 7) is 1.13. The number of carbonyl (C=O) groups excluding carboxylic acids is 1. The molecule has 0 radical (unpaired) electrons. The van der Waals surface area contributed by atoms with E-state index in [4.69, 9.17) is 0 Å². The molecule has 2 aromatic rings. The summed E-state index contributed by atoms with van der Waals surface area (Å²) < 4.78 is 53.1. The third-order valence-corrected chi connectivity index (χ3v) is 4.83. The van der Waals surface area contributed by atoms with Gasteiger partial charge in [0.1, 0.15) is 11.6 Å². The summed E-state index contributed by atoms with van der Waals surface area (Å²) in [7, 11) is -0.315. The molecule has 26 heavy (non-hydrogen) atoms. The van der Waals surface area contributed by atoms with E-state index in [2.05, 4.69) is 5.32 Å². The molecule has 140 valence electrons. The summed E-state index contributed by atoms with van der Waals surface area (Å²) >= 11 is 0. The van der Waals surface area contributed by atoms with E-state index in [1.165, 1.54) is 24.3 Å². The minimum atomic E-state index is -4.07. The predicted octanol–water partition coefficient (Wildman–Crippen LogP) is 2.06. The Balaban J connectivity index is 2.09. The van der Waals surface area contributed by atoms with E-state index in [0.717, 1.165) is 12.1 Å². The molecule has 2 aromatic carbocycles. The van der Waals surface area contributed by atoms with Crippen molar-refractivity contribution in [1.29, 1.82) is 0 Å². The van der Waals surface area contributed by atoms with E-state index in [1.807, 2.05) is 23.7 Å². The fourth-order valence-corrected chi connectivity index (χ4v) is 3.12. The van der Waals surface area contributed by atoms with Gasteiger partial charge in [-0.15, -0.1) is 0 Å². The van der Waals surface area contributed by atoms with Crippen molar-refractivity contribution in [3.05, 3.63) is 59.7 Å². The van der Waals surface area contributed by atoms with Gasteiger partial charge >= 0.3 is 0 Å². The molecule has 0 spiro atoms. The average Bonchev–Trinajstić information content (AvgIpc) is 2.57. The highest BCUT2D eigenvalue weighted by molar-refractivity contribution is 7.92. The van der Waals surface area contributed by atoms with E-state index < -0.39 is 21.7 Å². The number of likely N-dealkylation sites (N-methyl/N-ethyl adjacent to an activating group) is 1. The Morgan fingerprint density at radius 2 is 1.73 bits per heavy atom. The van der Waals surface area contributed by atoms with Gasteiger partial charge in [0.05, 0.1) is 10.6 Å². The van der Waals surface area contributed by atoms with Crippen LogP contribution in [0.3, 0.4) is 0 Å². The standard InChI is InChI=1S/C17H19F2N3O3S/c1-22(2)10-9-20-17(23)12-3-6-14(7-4-12)26(24,25)21-16-8-5-13(18)11-15(16)19/h3-8,11,21H,9-10H2,1-2H3,(H,20,23). The smallest absolute Gasteiger partial charge is 0.261 e. The Morgan fingerprint density at radius 1 is 1.08 bits per heavy atom. The molecule has 0 bridgehead atoms. The van der Waals surface area contributed by atoms with Gasteiger partial charge in [-0.25, -0.2) is 17.2 Å². The van der Waals surface area contributed by atoms with Gasteiger partial charge in [-0.2, -0.15) is 0 Å². The second-order valence-electron chi connectivity index (χ2n) is 5.81. The van der Waals surface area contributed by atoms with Gasteiger partial charge in [0.25, 0.3) is 15.9 Å². The topological polar surface area (TPSA) is 78.5 Å². The number of halogens is 2. The molecule has 0 unspecified atom stereocenters. The van der Waals surface area contributed by atoms with Crippen molar-refractivity contribution in [2.75, 3.05) is 31.9 Å². The Bertz CT molecular complexity index is 885. The van der Waals surface area contributed by atoms with Gasteiger partial charge < -0.3 is 10.2 Å². The van der Waals surface area contributed by atoms with Crippen LogP contribution in [0.1, 0.15) is 10.4 Å². The van der Waals surface area contributed by atoms with Crippen LogP contribution in [0.2, 0.25) is 0 Å². The molecule has 0 atom stereocenters. The first-order chi connectivity index (χ1) is 12.2. The molecule has 1 amide bonds. The molecule has 0 heterocycles. The maximum absolute atomic E-state index is 13.6. The molecule has 0 fully saturated rings. The normalized spacial score (nSPS) is 11.4. The van der Waals surface area contributed by atoms with Gasteiger partial charge in [0.2, 0.25) is 0 Å². The number of hydrogen-bond acceptors (Lipinski definition) is 4. The van der Waals surface area contributed by atoms with Gasteiger partial charge in [-0.05, 0) is 50.5 Å². The van der Waals surface area contributed by atoms with Crippen LogP contribution in [0.5, 0.6) is 0 Å². The number of nitrogens with zero attached hydrogens (tertiary/aromatic N) is 1. The third kappa shape index (κ3) is 5.24. The number of benzene rings is 2. The lowest BCUT2D eigenvalue weighted by Gasteiger charge is -2.11. The number of anilines is 1. The van der Waals surface area contributed by atoms with Gasteiger partial charge in [-0.1, -0.05) is 0 Å².